The number of allylic oxidation sites excluding steroid dienone is 1. The van der Waals surface area contributed by atoms with E-state index in [2.05, 4.69) is 0 Å². The molecule has 6 nitrogen and oxygen atoms in total. The number of hydrogen-bond acceptors (Lipinski definition) is 5. The second kappa shape index (κ2) is 8.30. The number of aromatic nitrogens is 1. The van der Waals surface area contributed by atoms with Gasteiger partial charge in [0.15, 0.2) is 6.29 Å². The third-order valence-electron chi connectivity index (χ3n) is 6.02. The van der Waals surface area contributed by atoms with Crippen molar-refractivity contribution in [3.63, 3.8) is 0 Å². The molecule has 1 aromatic carbocycles. The maximum Gasteiger partial charge on any atom is 0.248 e. The van der Waals surface area contributed by atoms with Crippen LogP contribution in [0, 0.1) is 6.92 Å². The molecule has 1 aliphatic carbocycles. The molecule has 2 unspecified atom stereocenters. The van der Waals surface area contributed by atoms with Crippen LogP contribution in [0.2, 0.25) is 0 Å². The Kier molecular flexibility index (Phi) is 5.90. The van der Waals surface area contributed by atoms with Gasteiger partial charge in [-0.3, -0.25) is 0 Å². The molecule has 2 atom stereocenters. The van der Waals surface area contributed by atoms with Gasteiger partial charge in [-0.2, -0.15) is 0 Å². The molecule has 0 bridgehead atoms. The van der Waals surface area contributed by atoms with Crippen LogP contribution in [0.25, 0.3) is 10.9 Å². The van der Waals surface area contributed by atoms with Crippen molar-refractivity contribution in [3.05, 3.63) is 59.3 Å². The van der Waals surface area contributed by atoms with Crippen molar-refractivity contribution in [1.29, 1.82) is 0 Å². The average molecular weight is 432 g/mol. The van der Waals surface area contributed by atoms with Gasteiger partial charge < -0.3 is 14.6 Å². The second-order valence-corrected chi connectivity index (χ2v) is 10.6. The van der Waals surface area contributed by atoms with Gasteiger partial charge in [-0.15, -0.1) is 0 Å². The summed E-state index contributed by atoms with van der Waals surface area (Å²) in [5, 5.41) is 10.2. The molecule has 162 valence electrons. The smallest absolute Gasteiger partial charge is 0.248 e. The Labute approximate surface area is 177 Å². The molecule has 1 aromatic heterocycles. The van der Waals surface area contributed by atoms with E-state index in [1.165, 1.54) is 3.97 Å². The summed E-state index contributed by atoms with van der Waals surface area (Å²) in [7, 11) is -3.69. The molecule has 4 rings (SSSR count). The van der Waals surface area contributed by atoms with Crippen molar-refractivity contribution < 1.29 is 23.0 Å². The fraction of sp³-hybridized carbons (Fsp3) is 0.478. The minimum absolute atomic E-state index is 0.0727. The van der Waals surface area contributed by atoms with Gasteiger partial charge in [0.25, 0.3) is 0 Å². The van der Waals surface area contributed by atoms with Crippen LogP contribution in [-0.4, -0.2) is 41.7 Å². The largest absolute Gasteiger partial charge is 0.392 e. The molecule has 2 aliphatic rings. The summed E-state index contributed by atoms with van der Waals surface area (Å²) in [5.41, 5.74) is 3.23. The highest BCUT2D eigenvalue weighted by molar-refractivity contribution is 7.91. The first kappa shape index (κ1) is 21.3. The van der Waals surface area contributed by atoms with Crippen LogP contribution >= 0.6 is 0 Å². The first-order valence-electron chi connectivity index (χ1n) is 10.4. The van der Waals surface area contributed by atoms with E-state index in [0.29, 0.717) is 18.5 Å². The van der Waals surface area contributed by atoms with Crippen molar-refractivity contribution in [2.75, 3.05) is 13.2 Å². The molecular weight excluding hydrogens is 402 g/mol. The fourth-order valence-electron chi connectivity index (χ4n) is 4.13. The van der Waals surface area contributed by atoms with Crippen LogP contribution in [-0.2, 0) is 26.1 Å². The standard InChI is InChI=1S/C23H29NO5S/c1-17-13-19(15-25)14-20-8-11-24(22(17)20)30(26,27)23(2)9-6-18(7-10-23)16-29-21-5-3-4-12-28-21/h6-9,11,13-14,21,25H,3-5,10,12,15-16H2,1-2H3. The zero-order valence-electron chi connectivity index (χ0n) is 17.5. The molecule has 1 saturated heterocycles. The summed E-state index contributed by atoms with van der Waals surface area (Å²) >= 11 is 0. The molecule has 30 heavy (non-hydrogen) atoms. The summed E-state index contributed by atoms with van der Waals surface area (Å²) in [6.07, 6.45) is 10.5. The van der Waals surface area contributed by atoms with Crippen molar-refractivity contribution in [2.45, 2.75) is 57.2 Å². The highest BCUT2D eigenvalue weighted by Gasteiger charge is 2.39. The number of benzene rings is 1. The summed E-state index contributed by atoms with van der Waals surface area (Å²) in [5.74, 6) is 0. The molecule has 0 radical (unpaired) electrons. The van der Waals surface area contributed by atoms with Crippen LogP contribution in [0.1, 0.15) is 43.7 Å². The van der Waals surface area contributed by atoms with Crippen LogP contribution in [0.3, 0.4) is 0 Å². The Morgan fingerprint density at radius 3 is 2.83 bits per heavy atom. The minimum Gasteiger partial charge on any atom is -0.392 e. The number of ether oxygens (including phenoxy) is 2. The molecule has 0 amide bonds. The van der Waals surface area contributed by atoms with Crippen molar-refractivity contribution in [1.82, 2.24) is 3.97 Å². The quantitative estimate of drug-likeness (QED) is 0.753. The molecule has 0 spiro atoms. The lowest BCUT2D eigenvalue weighted by atomic mass is 9.98. The van der Waals surface area contributed by atoms with Gasteiger partial charge in [0.2, 0.25) is 10.0 Å². The molecule has 1 aliphatic heterocycles. The lowest BCUT2D eigenvalue weighted by Crippen LogP contribution is -2.38. The molecule has 2 heterocycles. The van der Waals surface area contributed by atoms with E-state index in [9.17, 15) is 13.5 Å². The van der Waals surface area contributed by atoms with Gasteiger partial charge in [-0.25, -0.2) is 12.4 Å². The molecule has 2 aromatic rings. The van der Waals surface area contributed by atoms with E-state index in [1.54, 1.807) is 25.3 Å². The van der Waals surface area contributed by atoms with Crippen molar-refractivity contribution in [2.24, 2.45) is 0 Å². The van der Waals surface area contributed by atoms with Gasteiger partial charge in [-0.05, 0) is 68.4 Å². The normalized spacial score (nSPS) is 24.9. The number of hydrogen-bond donors (Lipinski definition) is 1. The Morgan fingerprint density at radius 1 is 1.33 bits per heavy atom. The van der Waals surface area contributed by atoms with Crippen molar-refractivity contribution in [3.8, 4) is 0 Å². The van der Waals surface area contributed by atoms with E-state index in [-0.39, 0.29) is 12.9 Å². The van der Waals surface area contributed by atoms with E-state index < -0.39 is 14.8 Å². The number of nitrogens with zero attached hydrogens (tertiary/aromatic N) is 1. The molecular formula is C23H29NO5S. The van der Waals surface area contributed by atoms with Gasteiger partial charge >= 0.3 is 0 Å². The topological polar surface area (TPSA) is 77.8 Å². The molecule has 1 N–H and O–H groups in total. The zero-order valence-corrected chi connectivity index (χ0v) is 18.3. The first-order valence-corrected chi connectivity index (χ1v) is 11.9. The fourth-order valence-corrected chi connectivity index (χ4v) is 5.83. The predicted octanol–water partition coefficient (Wildman–Crippen LogP) is 3.81. The average Bonchev–Trinajstić information content (AvgIpc) is 3.19. The summed E-state index contributed by atoms with van der Waals surface area (Å²) in [6, 6.07) is 5.44. The number of rotatable bonds is 6. The Bertz CT molecular complexity index is 1090. The molecule has 7 heteroatoms. The van der Waals surface area contributed by atoms with Crippen LogP contribution in [0.5, 0.6) is 0 Å². The van der Waals surface area contributed by atoms with Gasteiger partial charge in [0.05, 0.1) is 18.7 Å². The lowest BCUT2D eigenvalue weighted by molar-refractivity contribution is -0.156. The molecule has 0 saturated carbocycles. The lowest BCUT2D eigenvalue weighted by Gasteiger charge is -2.29. The monoisotopic (exact) mass is 431 g/mol. The highest BCUT2D eigenvalue weighted by atomic mass is 32.2. The van der Waals surface area contributed by atoms with E-state index in [0.717, 1.165) is 48.0 Å². The Balaban J connectivity index is 1.54. The van der Waals surface area contributed by atoms with Gasteiger partial charge in [0, 0.05) is 18.2 Å². The van der Waals surface area contributed by atoms with Crippen LogP contribution in [0.15, 0.2) is 48.2 Å². The van der Waals surface area contributed by atoms with Gasteiger partial charge in [-0.1, -0.05) is 24.3 Å². The number of aliphatic hydroxyl groups excluding tert-OH is 1. The van der Waals surface area contributed by atoms with E-state index >= 15 is 0 Å². The minimum atomic E-state index is -3.69. The number of fused-ring (bicyclic) bond motifs is 1. The van der Waals surface area contributed by atoms with Crippen LogP contribution in [0.4, 0.5) is 0 Å². The SMILES string of the molecule is Cc1cc(CO)cc2ccn(S(=O)(=O)C3(C)C=CC(COC4CCCCO4)=CC3)c12. The molecule has 1 fully saturated rings. The van der Waals surface area contributed by atoms with Crippen LogP contribution < -0.4 is 0 Å². The predicted molar refractivity (Wildman–Crippen MR) is 117 cm³/mol. The number of aliphatic hydroxyl groups is 1. The number of aryl methyl sites for hydroxylation is 1. The maximum absolute atomic E-state index is 13.6. The summed E-state index contributed by atoms with van der Waals surface area (Å²) < 4.78 is 38.9. The summed E-state index contributed by atoms with van der Waals surface area (Å²) in [6.45, 7) is 4.71. The second-order valence-electron chi connectivity index (χ2n) is 8.36. The zero-order chi connectivity index (χ0) is 21.4. The summed E-state index contributed by atoms with van der Waals surface area (Å²) in [4.78, 5) is 0. The Morgan fingerprint density at radius 2 is 2.17 bits per heavy atom. The van der Waals surface area contributed by atoms with Crippen molar-refractivity contribution >= 4 is 20.9 Å². The highest BCUT2D eigenvalue weighted by Crippen LogP contribution is 2.34. The maximum atomic E-state index is 13.6. The third-order valence-corrected chi connectivity index (χ3v) is 8.33. The Hall–Kier alpha value is -1.93. The van der Waals surface area contributed by atoms with E-state index in [1.807, 2.05) is 31.2 Å². The third kappa shape index (κ3) is 3.87. The first-order chi connectivity index (χ1) is 14.3. The van der Waals surface area contributed by atoms with Gasteiger partial charge in [0.1, 0.15) is 4.75 Å². The van der Waals surface area contributed by atoms with E-state index in [4.69, 9.17) is 9.47 Å².